The number of hydrogen-bond acceptors (Lipinski definition) is 5. The number of para-hydroxylation sites is 1. The monoisotopic (exact) mass is 536 g/mol. The Bertz CT molecular complexity index is 1290. The molecule has 0 aliphatic carbocycles. The van der Waals surface area contributed by atoms with Crippen LogP contribution in [0, 0.1) is 11.3 Å². The van der Waals surface area contributed by atoms with Crippen molar-refractivity contribution >= 4 is 44.7 Å². The van der Waals surface area contributed by atoms with Gasteiger partial charge in [0.15, 0.2) is 6.61 Å². The van der Waals surface area contributed by atoms with Crippen LogP contribution in [0.1, 0.15) is 11.1 Å². The predicted molar refractivity (Wildman–Crippen MR) is 136 cm³/mol. The molecule has 4 rings (SSSR count). The van der Waals surface area contributed by atoms with Crippen LogP contribution in [0.2, 0.25) is 0 Å². The quantitative estimate of drug-likeness (QED) is 0.338. The molecule has 1 fully saturated rings. The average Bonchev–Trinajstić information content (AvgIpc) is 3.30. The van der Waals surface area contributed by atoms with Crippen LogP contribution in [0.15, 0.2) is 58.7 Å². The van der Waals surface area contributed by atoms with Crippen molar-refractivity contribution in [2.24, 2.45) is 0 Å². The van der Waals surface area contributed by atoms with E-state index in [1.165, 1.54) is 6.08 Å². The lowest BCUT2D eigenvalue weighted by molar-refractivity contribution is -0.137. The zero-order valence-corrected chi connectivity index (χ0v) is 20.6. The average molecular weight is 537 g/mol. The van der Waals surface area contributed by atoms with Crippen molar-refractivity contribution in [3.05, 3.63) is 69.8 Å². The highest BCUT2D eigenvalue weighted by atomic mass is 79.9. The second-order valence-corrected chi connectivity index (χ2v) is 8.86. The first kappa shape index (κ1) is 24.5. The van der Waals surface area contributed by atoms with Gasteiger partial charge in [-0.1, -0.05) is 24.3 Å². The summed E-state index contributed by atoms with van der Waals surface area (Å²) in [7, 11) is 0. The van der Waals surface area contributed by atoms with Crippen LogP contribution in [-0.4, -0.2) is 61.2 Å². The smallest absolute Gasteiger partial charge is 0.261 e. The molecule has 0 unspecified atom stereocenters. The number of carbonyl (C=O) groups excluding carboxylic acids is 2. The minimum Gasteiger partial charge on any atom is -0.483 e. The van der Waals surface area contributed by atoms with Gasteiger partial charge in [-0.25, -0.2) is 0 Å². The first-order valence-electron chi connectivity index (χ1n) is 11.3. The molecule has 3 aromatic rings. The number of H-pyrrole nitrogens is 1. The van der Waals surface area contributed by atoms with Crippen LogP contribution in [0.5, 0.6) is 5.75 Å². The summed E-state index contributed by atoms with van der Waals surface area (Å²) in [4.78, 5) is 29.8. The van der Waals surface area contributed by atoms with Crippen molar-refractivity contribution in [1.29, 1.82) is 5.26 Å². The minimum absolute atomic E-state index is 0.00647. The molecule has 1 aliphatic heterocycles. The molecule has 1 aliphatic rings. The number of ether oxygens (including phenoxy) is 2. The Morgan fingerprint density at radius 2 is 2.03 bits per heavy atom. The second kappa shape index (κ2) is 11.7. The van der Waals surface area contributed by atoms with E-state index < -0.39 is 5.91 Å². The number of nitrogens with zero attached hydrogens (tertiary/aromatic N) is 2. The maximum absolute atomic E-state index is 12.6. The number of aromatic nitrogens is 1. The number of hydrogen-bond donors (Lipinski definition) is 2. The number of aromatic amines is 1. The Kier molecular flexibility index (Phi) is 8.19. The summed E-state index contributed by atoms with van der Waals surface area (Å²) in [5.41, 5.74) is 2.82. The Labute approximate surface area is 211 Å². The second-order valence-electron chi connectivity index (χ2n) is 8.01. The lowest BCUT2D eigenvalue weighted by atomic mass is 10.1. The third-order valence-electron chi connectivity index (χ3n) is 5.70. The summed E-state index contributed by atoms with van der Waals surface area (Å²) in [5.74, 6) is -0.0226. The SMILES string of the molecule is N#C/C(=C/c1ccc(OCC(=O)N2CCOCC2)c(Br)c1)C(=O)NCCc1c[nH]c2ccccc12. The highest BCUT2D eigenvalue weighted by Crippen LogP contribution is 2.27. The molecule has 2 aromatic carbocycles. The summed E-state index contributed by atoms with van der Waals surface area (Å²) >= 11 is 3.44. The number of benzene rings is 2. The van der Waals surface area contributed by atoms with Gasteiger partial charge in [0.05, 0.1) is 17.7 Å². The Morgan fingerprint density at radius 3 is 2.80 bits per heavy atom. The van der Waals surface area contributed by atoms with Crippen molar-refractivity contribution in [2.45, 2.75) is 6.42 Å². The van der Waals surface area contributed by atoms with Gasteiger partial charge in [0.1, 0.15) is 17.4 Å². The molecular formula is C26H25BrN4O4. The minimum atomic E-state index is -0.431. The standard InChI is InChI=1S/C26H25BrN4O4/c27-22-14-18(5-6-24(22)35-17-25(32)31-9-11-34-12-10-31)13-20(15-28)26(33)29-8-7-19-16-30-23-4-2-1-3-21(19)23/h1-6,13-14,16,30H,7-12,17H2,(H,29,33)/b20-13-. The van der Waals surface area contributed by atoms with E-state index >= 15 is 0 Å². The van der Waals surface area contributed by atoms with Crippen LogP contribution in [0.3, 0.4) is 0 Å². The van der Waals surface area contributed by atoms with Crippen molar-refractivity contribution in [2.75, 3.05) is 39.5 Å². The Morgan fingerprint density at radius 1 is 1.23 bits per heavy atom. The van der Waals surface area contributed by atoms with E-state index in [0.717, 1.165) is 16.5 Å². The highest BCUT2D eigenvalue weighted by molar-refractivity contribution is 9.10. The largest absolute Gasteiger partial charge is 0.483 e. The van der Waals surface area contributed by atoms with Crippen molar-refractivity contribution < 1.29 is 19.1 Å². The number of morpholine rings is 1. The fourth-order valence-corrected chi connectivity index (χ4v) is 4.34. The van der Waals surface area contributed by atoms with Gasteiger partial charge in [-0.3, -0.25) is 9.59 Å². The number of nitriles is 1. The molecule has 1 aromatic heterocycles. The van der Waals surface area contributed by atoms with Gasteiger partial charge in [0.25, 0.3) is 11.8 Å². The molecule has 0 spiro atoms. The number of carbonyl (C=O) groups is 2. The normalized spacial score (nSPS) is 13.9. The van der Waals surface area contributed by atoms with Gasteiger partial charge in [-0.15, -0.1) is 0 Å². The molecule has 8 nitrogen and oxygen atoms in total. The molecule has 2 N–H and O–H groups in total. The highest BCUT2D eigenvalue weighted by Gasteiger charge is 2.18. The van der Waals surface area contributed by atoms with Gasteiger partial charge in [0.2, 0.25) is 0 Å². The van der Waals surface area contributed by atoms with Crippen molar-refractivity contribution in [1.82, 2.24) is 15.2 Å². The van der Waals surface area contributed by atoms with Crippen LogP contribution >= 0.6 is 15.9 Å². The summed E-state index contributed by atoms with van der Waals surface area (Å²) in [6.07, 6.45) is 4.11. The van der Waals surface area contributed by atoms with Gasteiger partial charge < -0.3 is 24.7 Å². The number of nitrogens with one attached hydrogen (secondary N) is 2. The zero-order valence-electron chi connectivity index (χ0n) is 19.1. The van der Waals surface area contributed by atoms with Gasteiger partial charge in [0, 0.05) is 36.7 Å². The molecule has 2 amide bonds. The van der Waals surface area contributed by atoms with E-state index in [1.54, 1.807) is 23.1 Å². The number of fused-ring (bicyclic) bond motifs is 1. The fraction of sp³-hybridized carbons (Fsp3) is 0.269. The van der Waals surface area contributed by atoms with E-state index in [4.69, 9.17) is 9.47 Å². The van der Waals surface area contributed by atoms with E-state index in [1.807, 2.05) is 36.5 Å². The Hall–Kier alpha value is -3.61. The predicted octanol–water partition coefficient (Wildman–Crippen LogP) is 3.43. The molecule has 180 valence electrons. The molecule has 9 heteroatoms. The third-order valence-corrected chi connectivity index (χ3v) is 6.32. The third kappa shape index (κ3) is 6.29. The lowest BCUT2D eigenvalue weighted by Gasteiger charge is -2.26. The molecule has 0 saturated carbocycles. The van der Waals surface area contributed by atoms with E-state index in [-0.39, 0.29) is 18.1 Å². The molecule has 1 saturated heterocycles. The van der Waals surface area contributed by atoms with Crippen LogP contribution in [0.4, 0.5) is 0 Å². The molecular weight excluding hydrogens is 512 g/mol. The van der Waals surface area contributed by atoms with Crippen molar-refractivity contribution in [3.63, 3.8) is 0 Å². The molecule has 0 bridgehead atoms. The summed E-state index contributed by atoms with van der Waals surface area (Å²) in [6.45, 7) is 2.54. The van der Waals surface area contributed by atoms with Crippen LogP contribution < -0.4 is 10.1 Å². The first-order valence-corrected chi connectivity index (χ1v) is 12.1. The summed E-state index contributed by atoms with van der Waals surface area (Å²) < 4.78 is 11.5. The van der Waals surface area contributed by atoms with Gasteiger partial charge in [-0.05, 0) is 57.8 Å². The molecule has 0 radical (unpaired) electrons. The molecule has 35 heavy (non-hydrogen) atoms. The Balaban J connectivity index is 1.32. The molecule has 0 atom stereocenters. The number of amides is 2. The van der Waals surface area contributed by atoms with Gasteiger partial charge in [-0.2, -0.15) is 5.26 Å². The zero-order chi connectivity index (χ0) is 24.6. The summed E-state index contributed by atoms with van der Waals surface area (Å²) in [6, 6.07) is 15.1. The van der Waals surface area contributed by atoms with E-state index in [2.05, 4.69) is 26.2 Å². The van der Waals surface area contributed by atoms with E-state index in [9.17, 15) is 14.9 Å². The molecule has 2 heterocycles. The fourth-order valence-electron chi connectivity index (χ4n) is 3.83. The maximum Gasteiger partial charge on any atom is 0.261 e. The summed E-state index contributed by atoms with van der Waals surface area (Å²) in [5, 5.41) is 13.4. The van der Waals surface area contributed by atoms with E-state index in [0.29, 0.717) is 55.1 Å². The lowest BCUT2D eigenvalue weighted by Crippen LogP contribution is -2.43. The van der Waals surface area contributed by atoms with Gasteiger partial charge >= 0.3 is 0 Å². The first-order chi connectivity index (χ1) is 17.0. The van der Waals surface area contributed by atoms with Crippen LogP contribution in [-0.2, 0) is 20.7 Å². The number of rotatable bonds is 8. The maximum atomic E-state index is 12.6. The van der Waals surface area contributed by atoms with Crippen LogP contribution in [0.25, 0.3) is 17.0 Å². The topological polar surface area (TPSA) is 107 Å². The van der Waals surface area contributed by atoms with Crippen molar-refractivity contribution in [3.8, 4) is 11.8 Å². The number of halogens is 1.